The lowest BCUT2D eigenvalue weighted by molar-refractivity contribution is 0.158. The molecule has 0 saturated heterocycles. The predicted molar refractivity (Wildman–Crippen MR) is 77.6 cm³/mol. The van der Waals surface area contributed by atoms with E-state index in [1.54, 1.807) is 7.11 Å². The molecule has 0 aromatic heterocycles. The van der Waals surface area contributed by atoms with Crippen molar-refractivity contribution in [3.63, 3.8) is 0 Å². The molecule has 19 heavy (non-hydrogen) atoms. The number of ether oxygens (including phenoxy) is 1. The fraction of sp³-hybridized carbons (Fsp3) is 0.625. The number of aliphatic hydroxyl groups excluding tert-OH is 1. The van der Waals surface area contributed by atoms with E-state index in [1.807, 2.05) is 13.0 Å². The average molecular weight is 263 g/mol. The first-order chi connectivity index (χ1) is 9.24. The number of fused-ring (bicyclic) bond motifs is 1. The minimum absolute atomic E-state index is 0.175. The van der Waals surface area contributed by atoms with Gasteiger partial charge in [-0.25, -0.2) is 0 Å². The second kappa shape index (κ2) is 6.92. The van der Waals surface area contributed by atoms with Crippen LogP contribution in [0.4, 0.5) is 0 Å². The monoisotopic (exact) mass is 263 g/mol. The molecule has 0 amide bonds. The van der Waals surface area contributed by atoms with Gasteiger partial charge in [-0.1, -0.05) is 13.0 Å². The second-order valence-electron chi connectivity index (χ2n) is 5.31. The number of nitrogens with one attached hydrogen (secondary N) is 1. The van der Waals surface area contributed by atoms with Crippen LogP contribution in [0.1, 0.15) is 49.8 Å². The summed E-state index contributed by atoms with van der Waals surface area (Å²) in [6.45, 7) is 2.90. The Morgan fingerprint density at radius 2 is 2.32 bits per heavy atom. The number of aliphatic hydroxyl groups is 1. The normalized spacial score (nSPS) is 19.8. The molecule has 0 fully saturated rings. The van der Waals surface area contributed by atoms with Crippen molar-refractivity contribution in [3.8, 4) is 5.75 Å². The van der Waals surface area contributed by atoms with E-state index in [0.717, 1.165) is 31.6 Å². The van der Waals surface area contributed by atoms with Crippen molar-refractivity contribution in [1.82, 2.24) is 5.32 Å². The Morgan fingerprint density at radius 1 is 1.47 bits per heavy atom. The number of hydrogen-bond donors (Lipinski definition) is 2. The maximum atomic E-state index is 9.59. The highest BCUT2D eigenvalue weighted by atomic mass is 16.5. The molecule has 0 heterocycles. The smallest absolute Gasteiger partial charge is 0.119 e. The first-order valence-corrected chi connectivity index (χ1v) is 7.32. The van der Waals surface area contributed by atoms with Crippen LogP contribution in [-0.2, 0) is 6.42 Å². The van der Waals surface area contributed by atoms with E-state index in [-0.39, 0.29) is 6.10 Å². The third-order valence-corrected chi connectivity index (χ3v) is 4.00. The maximum Gasteiger partial charge on any atom is 0.119 e. The average Bonchev–Trinajstić information content (AvgIpc) is 2.46. The van der Waals surface area contributed by atoms with Crippen molar-refractivity contribution in [3.05, 3.63) is 29.3 Å². The topological polar surface area (TPSA) is 41.5 Å². The Morgan fingerprint density at radius 3 is 3.05 bits per heavy atom. The van der Waals surface area contributed by atoms with Gasteiger partial charge in [-0.3, -0.25) is 0 Å². The summed E-state index contributed by atoms with van der Waals surface area (Å²) in [6.07, 6.45) is 5.03. The molecular formula is C16H25NO2. The van der Waals surface area contributed by atoms with Crippen molar-refractivity contribution >= 4 is 0 Å². The van der Waals surface area contributed by atoms with Crippen LogP contribution in [0.5, 0.6) is 5.75 Å². The van der Waals surface area contributed by atoms with Gasteiger partial charge >= 0.3 is 0 Å². The third kappa shape index (κ3) is 3.71. The van der Waals surface area contributed by atoms with E-state index in [9.17, 15) is 5.11 Å². The van der Waals surface area contributed by atoms with Gasteiger partial charge in [0, 0.05) is 6.04 Å². The van der Waals surface area contributed by atoms with Crippen LogP contribution in [0.2, 0.25) is 0 Å². The first-order valence-electron chi connectivity index (χ1n) is 7.32. The molecule has 1 aliphatic carbocycles. The van der Waals surface area contributed by atoms with Gasteiger partial charge in [-0.15, -0.1) is 0 Å². The third-order valence-electron chi connectivity index (χ3n) is 4.00. The lowest BCUT2D eigenvalue weighted by atomic mass is 9.87. The van der Waals surface area contributed by atoms with Gasteiger partial charge in [-0.2, -0.15) is 0 Å². The largest absolute Gasteiger partial charge is 0.497 e. The zero-order valence-corrected chi connectivity index (χ0v) is 12.0. The van der Waals surface area contributed by atoms with Crippen molar-refractivity contribution in [1.29, 1.82) is 0 Å². The van der Waals surface area contributed by atoms with Crippen LogP contribution in [0.25, 0.3) is 0 Å². The number of hydrogen-bond acceptors (Lipinski definition) is 3. The van der Waals surface area contributed by atoms with Gasteiger partial charge in [0.25, 0.3) is 0 Å². The Balaban J connectivity index is 1.97. The zero-order valence-electron chi connectivity index (χ0n) is 12.0. The van der Waals surface area contributed by atoms with Gasteiger partial charge in [0.2, 0.25) is 0 Å². The Kier molecular flexibility index (Phi) is 5.23. The highest BCUT2D eigenvalue weighted by Crippen LogP contribution is 2.32. The minimum atomic E-state index is -0.175. The van der Waals surface area contributed by atoms with E-state index in [2.05, 4.69) is 17.4 Å². The predicted octanol–water partition coefficient (Wildman–Crippen LogP) is 2.82. The van der Waals surface area contributed by atoms with E-state index in [1.165, 1.54) is 24.0 Å². The van der Waals surface area contributed by atoms with Gasteiger partial charge in [0.15, 0.2) is 0 Å². The maximum absolute atomic E-state index is 9.59. The van der Waals surface area contributed by atoms with Crippen molar-refractivity contribution in [2.75, 3.05) is 13.7 Å². The molecule has 1 aliphatic rings. The summed E-state index contributed by atoms with van der Waals surface area (Å²) < 4.78 is 5.29. The molecule has 1 aromatic carbocycles. The molecule has 2 N–H and O–H groups in total. The van der Waals surface area contributed by atoms with Gasteiger partial charge in [-0.05, 0) is 61.9 Å². The molecular weight excluding hydrogens is 238 g/mol. The van der Waals surface area contributed by atoms with Crippen molar-refractivity contribution < 1.29 is 9.84 Å². The van der Waals surface area contributed by atoms with Crippen LogP contribution in [0, 0.1) is 0 Å². The second-order valence-corrected chi connectivity index (χ2v) is 5.31. The Labute approximate surface area is 116 Å². The van der Waals surface area contributed by atoms with Crippen LogP contribution < -0.4 is 10.1 Å². The molecule has 3 nitrogen and oxygen atoms in total. The molecule has 3 heteroatoms. The van der Waals surface area contributed by atoms with Crippen LogP contribution >= 0.6 is 0 Å². The summed E-state index contributed by atoms with van der Waals surface area (Å²) in [5, 5.41) is 13.2. The molecule has 2 atom stereocenters. The van der Waals surface area contributed by atoms with Crippen molar-refractivity contribution in [2.24, 2.45) is 0 Å². The summed E-state index contributed by atoms with van der Waals surface area (Å²) in [5.41, 5.74) is 2.80. The highest BCUT2D eigenvalue weighted by molar-refractivity contribution is 5.39. The molecule has 0 bridgehead atoms. The van der Waals surface area contributed by atoms with Crippen molar-refractivity contribution in [2.45, 2.75) is 51.2 Å². The Bertz CT molecular complexity index is 406. The van der Waals surface area contributed by atoms with Crippen LogP contribution in [-0.4, -0.2) is 24.9 Å². The van der Waals surface area contributed by atoms with Crippen LogP contribution in [0.3, 0.4) is 0 Å². The fourth-order valence-corrected chi connectivity index (χ4v) is 2.76. The van der Waals surface area contributed by atoms with Gasteiger partial charge in [0.1, 0.15) is 5.75 Å². The number of benzene rings is 1. The van der Waals surface area contributed by atoms with Gasteiger partial charge < -0.3 is 15.2 Å². The molecule has 0 saturated carbocycles. The van der Waals surface area contributed by atoms with Crippen LogP contribution in [0.15, 0.2) is 18.2 Å². The quantitative estimate of drug-likeness (QED) is 0.829. The minimum Gasteiger partial charge on any atom is -0.497 e. The molecule has 0 aliphatic heterocycles. The summed E-state index contributed by atoms with van der Waals surface area (Å²) >= 11 is 0. The first kappa shape index (κ1) is 14.4. The fourth-order valence-electron chi connectivity index (χ4n) is 2.76. The summed E-state index contributed by atoms with van der Waals surface area (Å²) in [6, 6.07) is 6.81. The molecule has 2 unspecified atom stereocenters. The van der Waals surface area contributed by atoms with E-state index < -0.39 is 0 Å². The Hall–Kier alpha value is -1.06. The number of aryl methyl sites for hydroxylation is 1. The van der Waals surface area contributed by atoms with Gasteiger partial charge in [0.05, 0.1) is 13.2 Å². The van der Waals surface area contributed by atoms with E-state index in [4.69, 9.17) is 4.74 Å². The van der Waals surface area contributed by atoms with E-state index >= 15 is 0 Å². The summed E-state index contributed by atoms with van der Waals surface area (Å²) in [7, 11) is 1.71. The molecule has 1 aromatic rings. The van der Waals surface area contributed by atoms with E-state index in [0.29, 0.717) is 6.04 Å². The number of rotatable bonds is 6. The molecule has 106 valence electrons. The summed E-state index contributed by atoms with van der Waals surface area (Å²) in [5.74, 6) is 0.945. The SMILES string of the molecule is CCC(O)CCNC1CCCc2cc(OC)ccc21. The zero-order chi connectivity index (χ0) is 13.7. The number of methoxy groups -OCH3 is 1. The molecule has 2 rings (SSSR count). The highest BCUT2D eigenvalue weighted by Gasteiger charge is 2.20. The molecule has 0 radical (unpaired) electrons. The lowest BCUT2D eigenvalue weighted by Crippen LogP contribution is -2.28. The lowest BCUT2D eigenvalue weighted by Gasteiger charge is -2.27. The summed E-state index contributed by atoms with van der Waals surface area (Å²) in [4.78, 5) is 0. The molecule has 0 spiro atoms. The standard InChI is InChI=1S/C16H25NO2/c1-3-13(18)9-10-17-16-6-4-5-12-11-14(19-2)7-8-15(12)16/h7-8,11,13,16-18H,3-6,9-10H2,1-2H3.